The van der Waals surface area contributed by atoms with E-state index in [4.69, 9.17) is 16.0 Å². The maximum absolute atomic E-state index is 13.2. The van der Waals surface area contributed by atoms with Crippen molar-refractivity contribution >= 4 is 23.2 Å². The average Bonchev–Trinajstić information content (AvgIpc) is 3.29. The van der Waals surface area contributed by atoms with Gasteiger partial charge in [-0.3, -0.25) is 9.69 Å². The second-order valence-electron chi connectivity index (χ2n) is 7.25. The standard InChI is InChI=1S/C23H23ClFN3O2/c24-18-4-1-3-17(15-18)23(29)26-16-21(22-5-2-14-30-22)28-12-10-27(11-13-28)20-8-6-19(25)7-9-20/h1-9,14-15,21H,10-13,16H2,(H,26,29)/t21-/m0/s1. The van der Waals surface area contributed by atoms with Crippen LogP contribution in [0.1, 0.15) is 22.2 Å². The summed E-state index contributed by atoms with van der Waals surface area (Å²) in [6.07, 6.45) is 1.65. The Labute approximate surface area is 180 Å². The largest absolute Gasteiger partial charge is 0.468 e. The molecule has 1 saturated heterocycles. The number of rotatable bonds is 6. The molecule has 7 heteroatoms. The molecule has 1 N–H and O–H groups in total. The molecule has 2 heterocycles. The molecule has 30 heavy (non-hydrogen) atoms. The predicted octanol–water partition coefficient (Wildman–Crippen LogP) is 4.37. The summed E-state index contributed by atoms with van der Waals surface area (Å²) in [7, 11) is 0. The fraction of sp³-hybridized carbons (Fsp3) is 0.261. The van der Waals surface area contributed by atoms with Crippen molar-refractivity contribution in [2.24, 2.45) is 0 Å². The maximum Gasteiger partial charge on any atom is 0.251 e. The summed E-state index contributed by atoms with van der Waals surface area (Å²) in [6, 6.07) is 17.2. The van der Waals surface area contributed by atoms with Gasteiger partial charge in [0.2, 0.25) is 0 Å². The summed E-state index contributed by atoms with van der Waals surface area (Å²) in [4.78, 5) is 17.1. The number of carbonyl (C=O) groups excluding carboxylic acids is 1. The number of benzene rings is 2. The molecule has 0 spiro atoms. The number of halogens is 2. The van der Waals surface area contributed by atoms with Crippen LogP contribution in [0.25, 0.3) is 0 Å². The zero-order chi connectivity index (χ0) is 20.9. The topological polar surface area (TPSA) is 48.7 Å². The lowest BCUT2D eigenvalue weighted by Gasteiger charge is -2.39. The highest BCUT2D eigenvalue weighted by atomic mass is 35.5. The lowest BCUT2D eigenvalue weighted by Crippen LogP contribution is -2.49. The first-order chi connectivity index (χ1) is 14.6. The lowest BCUT2D eigenvalue weighted by atomic mass is 10.1. The molecule has 0 radical (unpaired) electrons. The Morgan fingerprint density at radius 2 is 1.83 bits per heavy atom. The van der Waals surface area contributed by atoms with E-state index in [0.717, 1.165) is 37.6 Å². The van der Waals surface area contributed by atoms with Crippen molar-refractivity contribution in [2.45, 2.75) is 6.04 Å². The zero-order valence-electron chi connectivity index (χ0n) is 16.4. The van der Waals surface area contributed by atoms with Crippen molar-refractivity contribution in [3.8, 4) is 0 Å². The number of hydrogen-bond acceptors (Lipinski definition) is 4. The van der Waals surface area contributed by atoms with E-state index in [9.17, 15) is 9.18 Å². The molecule has 4 rings (SSSR count). The van der Waals surface area contributed by atoms with Crippen LogP contribution in [-0.2, 0) is 0 Å². The van der Waals surface area contributed by atoms with Crippen LogP contribution in [0.4, 0.5) is 10.1 Å². The Hall–Kier alpha value is -2.83. The molecule has 156 valence electrons. The third-order valence-corrected chi connectivity index (χ3v) is 5.60. The molecule has 1 aliphatic rings. The van der Waals surface area contributed by atoms with Gasteiger partial charge in [-0.15, -0.1) is 0 Å². The summed E-state index contributed by atoms with van der Waals surface area (Å²) in [5.41, 5.74) is 1.54. The molecule has 5 nitrogen and oxygen atoms in total. The second kappa shape index (κ2) is 9.32. The van der Waals surface area contributed by atoms with Crippen LogP contribution in [0.5, 0.6) is 0 Å². The van der Waals surface area contributed by atoms with E-state index in [2.05, 4.69) is 15.1 Å². The van der Waals surface area contributed by atoms with Crippen LogP contribution in [0, 0.1) is 5.82 Å². The molecule has 1 amide bonds. The van der Waals surface area contributed by atoms with E-state index in [-0.39, 0.29) is 17.8 Å². The van der Waals surface area contributed by atoms with E-state index < -0.39 is 0 Å². The smallest absolute Gasteiger partial charge is 0.251 e. The lowest BCUT2D eigenvalue weighted by molar-refractivity contribution is 0.0923. The van der Waals surface area contributed by atoms with Gasteiger partial charge >= 0.3 is 0 Å². The number of amides is 1. The molecule has 2 aromatic carbocycles. The third-order valence-electron chi connectivity index (χ3n) is 5.36. The van der Waals surface area contributed by atoms with Gasteiger partial charge in [-0.25, -0.2) is 4.39 Å². The van der Waals surface area contributed by atoms with Crippen LogP contribution >= 0.6 is 11.6 Å². The maximum atomic E-state index is 13.2. The van der Waals surface area contributed by atoms with Gasteiger partial charge in [-0.1, -0.05) is 17.7 Å². The molecule has 0 unspecified atom stereocenters. The number of piperazine rings is 1. The minimum Gasteiger partial charge on any atom is -0.468 e. The Balaban J connectivity index is 1.41. The fourth-order valence-corrected chi connectivity index (χ4v) is 3.95. The number of hydrogen-bond donors (Lipinski definition) is 1. The highest BCUT2D eigenvalue weighted by Crippen LogP contribution is 2.24. The van der Waals surface area contributed by atoms with Gasteiger partial charge in [0.05, 0.1) is 12.3 Å². The molecule has 1 fully saturated rings. The van der Waals surface area contributed by atoms with Gasteiger partial charge in [0, 0.05) is 49.0 Å². The predicted molar refractivity (Wildman–Crippen MR) is 115 cm³/mol. The summed E-state index contributed by atoms with van der Waals surface area (Å²) >= 11 is 6.00. The molecule has 1 aliphatic heterocycles. The molecule has 1 aromatic heterocycles. The first kappa shape index (κ1) is 20.4. The summed E-state index contributed by atoms with van der Waals surface area (Å²) in [5.74, 6) is 0.418. The Morgan fingerprint density at radius 3 is 2.50 bits per heavy atom. The monoisotopic (exact) mass is 427 g/mol. The van der Waals surface area contributed by atoms with E-state index >= 15 is 0 Å². The molecule has 3 aromatic rings. The third kappa shape index (κ3) is 4.83. The zero-order valence-corrected chi connectivity index (χ0v) is 17.2. The van der Waals surface area contributed by atoms with Crippen LogP contribution in [0.2, 0.25) is 5.02 Å². The van der Waals surface area contributed by atoms with Crippen molar-refractivity contribution in [1.29, 1.82) is 0 Å². The normalized spacial score (nSPS) is 15.7. The van der Waals surface area contributed by atoms with E-state index in [1.54, 1.807) is 42.7 Å². The molecule has 0 aliphatic carbocycles. The number of nitrogens with zero attached hydrogens (tertiary/aromatic N) is 2. The molecular formula is C23H23ClFN3O2. The Bertz CT molecular complexity index is 970. The number of carbonyl (C=O) groups is 1. The summed E-state index contributed by atoms with van der Waals surface area (Å²) in [5, 5.41) is 3.54. The number of furan rings is 1. The number of nitrogens with one attached hydrogen (secondary N) is 1. The highest BCUT2D eigenvalue weighted by molar-refractivity contribution is 6.30. The first-order valence-electron chi connectivity index (χ1n) is 9.92. The van der Waals surface area contributed by atoms with Gasteiger partial charge in [0.15, 0.2) is 0 Å². The first-order valence-corrected chi connectivity index (χ1v) is 10.3. The van der Waals surface area contributed by atoms with Crippen molar-refractivity contribution < 1.29 is 13.6 Å². The van der Waals surface area contributed by atoms with Crippen LogP contribution in [-0.4, -0.2) is 43.5 Å². The van der Waals surface area contributed by atoms with Gasteiger partial charge < -0.3 is 14.6 Å². The molecule has 0 saturated carbocycles. The van der Waals surface area contributed by atoms with Gasteiger partial charge in [0.25, 0.3) is 5.91 Å². The van der Waals surface area contributed by atoms with E-state index in [1.165, 1.54) is 12.1 Å². The van der Waals surface area contributed by atoms with Crippen LogP contribution < -0.4 is 10.2 Å². The van der Waals surface area contributed by atoms with Crippen molar-refractivity contribution in [3.05, 3.63) is 89.1 Å². The van der Waals surface area contributed by atoms with Gasteiger partial charge in [-0.2, -0.15) is 0 Å². The Kier molecular flexibility index (Phi) is 6.35. The summed E-state index contributed by atoms with van der Waals surface area (Å²) in [6.45, 7) is 3.65. The Morgan fingerprint density at radius 1 is 1.07 bits per heavy atom. The molecular weight excluding hydrogens is 405 g/mol. The SMILES string of the molecule is O=C(NC[C@@H](c1ccco1)N1CCN(c2ccc(F)cc2)CC1)c1cccc(Cl)c1. The van der Waals surface area contributed by atoms with Crippen molar-refractivity contribution in [3.63, 3.8) is 0 Å². The minimum absolute atomic E-state index is 0.0708. The summed E-state index contributed by atoms with van der Waals surface area (Å²) < 4.78 is 18.9. The van der Waals surface area contributed by atoms with Crippen LogP contribution in [0.3, 0.4) is 0 Å². The average molecular weight is 428 g/mol. The molecule has 1 atom stereocenters. The molecule has 0 bridgehead atoms. The minimum atomic E-state index is -0.231. The fourth-order valence-electron chi connectivity index (χ4n) is 3.76. The highest BCUT2D eigenvalue weighted by Gasteiger charge is 2.27. The van der Waals surface area contributed by atoms with Crippen molar-refractivity contribution in [2.75, 3.05) is 37.6 Å². The number of anilines is 1. The van der Waals surface area contributed by atoms with Crippen molar-refractivity contribution in [1.82, 2.24) is 10.2 Å². The van der Waals surface area contributed by atoms with Gasteiger partial charge in [0.1, 0.15) is 11.6 Å². The van der Waals surface area contributed by atoms with E-state index in [0.29, 0.717) is 17.1 Å². The van der Waals surface area contributed by atoms with Gasteiger partial charge in [-0.05, 0) is 54.6 Å². The van der Waals surface area contributed by atoms with E-state index in [1.807, 2.05) is 12.1 Å². The van der Waals surface area contributed by atoms with Crippen LogP contribution in [0.15, 0.2) is 71.3 Å². The quantitative estimate of drug-likeness (QED) is 0.634. The second-order valence-corrected chi connectivity index (χ2v) is 7.69.